The van der Waals surface area contributed by atoms with Crippen LogP contribution in [0.4, 0.5) is 0 Å². The largest absolute Gasteiger partial charge is 0.297 e. The molecule has 1 heterocycles. The number of carbonyl (C=O) groups is 2. The Kier molecular flexibility index (Phi) is 7.38. The topological polar surface area (TPSA) is 40.6 Å². The SMILES string of the molecule is CC1(C(=O)CN2CCN(CC(=O)C3(C)C=CC=CC3)CC2)C=CC=CC1.Cl. The highest BCUT2D eigenvalue weighted by atomic mass is 35.5. The molecule has 1 fully saturated rings. The van der Waals surface area contributed by atoms with Gasteiger partial charge in [0.2, 0.25) is 0 Å². The third kappa shape index (κ3) is 5.28. The highest BCUT2D eigenvalue weighted by Gasteiger charge is 2.34. The number of rotatable bonds is 6. The first-order chi connectivity index (χ1) is 12.4. The van der Waals surface area contributed by atoms with Crippen LogP contribution in [0, 0.1) is 10.8 Å². The molecular formula is C22H31ClN2O2. The molecule has 27 heavy (non-hydrogen) atoms. The molecule has 5 heteroatoms. The molecule has 2 unspecified atom stereocenters. The monoisotopic (exact) mass is 390 g/mol. The van der Waals surface area contributed by atoms with Gasteiger partial charge in [-0.1, -0.05) is 48.6 Å². The summed E-state index contributed by atoms with van der Waals surface area (Å²) in [4.78, 5) is 29.8. The van der Waals surface area contributed by atoms with Crippen molar-refractivity contribution in [3.05, 3.63) is 48.6 Å². The molecule has 0 spiro atoms. The van der Waals surface area contributed by atoms with Gasteiger partial charge >= 0.3 is 0 Å². The predicted molar refractivity (Wildman–Crippen MR) is 112 cm³/mol. The molecule has 0 N–H and O–H groups in total. The van der Waals surface area contributed by atoms with Crippen LogP contribution in [0.5, 0.6) is 0 Å². The minimum atomic E-state index is -0.364. The number of halogens is 1. The number of hydrogen-bond acceptors (Lipinski definition) is 4. The van der Waals surface area contributed by atoms with E-state index in [1.165, 1.54) is 0 Å². The lowest BCUT2D eigenvalue weighted by molar-refractivity contribution is -0.129. The van der Waals surface area contributed by atoms with Crippen molar-refractivity contribution in [1.29, 1.82) is 0 Å². The molecule has 0 aromatic rings. The molecule has 0 aromatic carbocycles. The smallest absolute Gasteiger partial charge is 0.156 e. The van der Waals surface area contributed by atoms with Gasteiger partial charge in [0.25, 0.3) is 0 Å². The molecule has 0 amide bonds. The van der Waals surface area contributed by atoms with Crippen LogP contribution < -0.4 is 0 Å². The molecule has 0 radical (unpaired) electrons. The van der Waals surface area contributed by atoms with Gasteiger partial charge in [0.05, 0.1) is 13.1 Å². The van der Waals surface area contributed by atoms with Crippen LogP contribution in [0.15, 0.2) is 48.6 Å². The Morgan fingerprint density at radius 3 is 1.41 bits per heavy atom. The Morgan fingerprint density at radius 1 is 0.741 bits per heavy atom. The molecule has 0 aromatic heterocycles. The summed E-state index contributed by atoms with van der Waals surface area (Å²) in [5.41, 5.74) is -0.728. The molecule has 0 saturated carbocycles. The molecule has 3 rings (SSSR count). The van der Waals surface area contributed by atoms with E-state index in [9.17, 15) is 9.59 Å². The maximum absolute atomic E-state index is 12.7. The first-order valence-corrected chi connectivity index (χ1v) is 9.61. The molecule has 1 saturated heterocycles. The molecule has 1 aliphatic heterocycles. The van der Waals surface area contributed by atoms with E-state index in [1.54, 1.807) is 0 Å². The van der Waals surface area contributed by atoms with Gasteiger partial charge < -0.3 is 0 Å². The van der Waals surface area contributed by atoms with Crippen molar-refractivity contribution >= 4 is 24.0 Å². The maximum Gasteiger partial charge on any atom is 0.156 e. The summed E-state index contributed by atoms with van der Waals surface area (Å²) in [6.07, 6.45) is 17.7. The quantitative estimate of drug-likeness (QED) is 0.698. The Balaban J connectivity index is 0.00000261. The zero-order valence-electron chi connectivity index (χ0n) is 16.4. The van der Waals surface area contributed by atoms with Crippen molar-refractivity contribution in [2.24, 2.45) is 10.8 Å². The lowest BCUT2D eigenvalue weighted by atomic mass is 9.79. The van der Waals surface area contributed by atoms with Crippen LogP contribution in [0.25, 0.3) is 0 Å². The summed E-state index contributed by atoms with van der Waals surface area (Å²) in [5, 5.41) is 0. The first-order valence-electron chi connectivity index (χ1n) is 9.61. The Morgan fingerprint density at radius 2 is 1.11 bits per heavy atom. The highest BCUT2D eigenvalue weighted by Crippen LogP contribution is 2.30. The lowest BCUT2D eigenvalue weighted by Crippen LogP contribution is -2.51. The number of hydrogen-bond donors (Lipinski definition) is 0. The third-order valence-corrected chi connectivity index (χ3v) is 5.98. The fourth-order valence-corrected chi connectivity index (χ4v) is 3.74. The number of Topliss-reactive ketones (excluding diaryl/α,β-unsaturated/α-hetero) is 2. The van der Waals surface area contributed by atoms with Crippen molar-refractivity contribution in [3.63, 3.8) is 0 Å². The van der Waals surface area contributed by atoms with Gasteiger partial charge in [-0.3, -0.25) is 19.4 Å². The highest BCUT2D eigenvalue weighted by molar-refractivity contribution is 5.89. The number of carbonyl (C=O) groups excluding carboxylic acids is 2. The molecule has 2 aliphatic carbocycles. The van der Waals surface area contributed by atoms with E-state index in [-0.39, 0.29) is 34.8 Å². The molecule has 4 nitrogen and oxygen atoms in total. The molecule has 148 valence electrons. The number of allylic oxidation sites excluding steroid dienone is 8. The van der Waals surface area contributed by atoms with Crippen LogP contribution >= 0.6 is 12.4 Å². The first kappa shape index (κ1) is 21.8. The molecule has 0 bridgehead atoms. The van der Waals surface area contributed by atoms with E-state index in [0.717, 1.165) is 39.0 Å². The second kappa shape index (κ2) is 9.13. The molecular weight excluding hydrogens is 360 g/mol. The maximum atomic E-state index is 12.7. The van der Waals surface area contributed by atoms with E-state index in [4.69, 9.17) is 0 Å². The van der Waals surface area contributed by atoms with Crippen LogP contribution in [-0.2, 0) is 9.59 Å². The van der Waals surface area contributed by atoms with Crippen molar-refractivity contribution in [2.45, 2.75) is 26.7 Å². The van der Waals surface area contributed by atoms with E-state index >= 15 is 0 Å². The molecule has 2 atom stereocenters. The number of nitrogens with zero attached hydrogens (tertiary/aromatic N) is 2. The zero-order valence-corrected chi connectivity index (χ0v) is 17.2. The van der Waals surface area contributed by atoms with Crippen LogP contribution in [0.2, 0.25) is 0 Å². The Hall–Kier alpha value is -1.49. The number of ketones is 2. The van der Waals surface area contributed by atoms with E-state index in [2.05, 4.69) is 22.0 Å². The van der Waals surface area contributed by atoms with E-state index in [1.807, 2.05) is 50.3 Å². The average Bonchev–Trinajstić information content (AvgIpc) is 2.64. The minimum absolute atomic E-state index is 0. The van der Waals surface area contributed by atoms with E-state index in [0.29, 0.717) is 13.1 Å². The fraction of sp³-hybridized carbons (Fsp3) is 0.545. The third-order valence-electron chi connectivity index (χ3n) is 5.98. The molecule has 3 aliphatic rings. The van der Waals surface area contributed by atoms with Gasteiger partial charge in [0.1, 0.15) is 0 Å². The van der Waals surface area contributed by atoms with Crippen molar-refractivity contribution < 1.29 is 9.59 Å². The van der Waals surface area contributed by atoms with Gasteiger partial charge in [0, 0.05) is 37.0 Å². The summed E-state index contributed by atoms with van der Waals surface area (Å²) in [6, 6.07) is 0. The standard InChI is InChI=1S/C22H30N2O2.ClH/c1-21(9-5-3-6-10-21)19(25)17-23-13-15-24(16-14-23)18-20(26)22(2)11-7-4-8-12-22;/h3-9,11H,10,12-18H2,1-2H3;1H. The second-order valence-corrected chi connectivity index (χ2v) is 8.22. The Bertz CT molecular complexity index is 616. The summed E-state index contributed by atoms with van der Waals surface area (Å²) in [7, 11) is 0. The summed E-state index contributed by atoms with van der Waals surface area (Å²) >= 11 is 0. The zero-order chi connectivity index (χ0) is 18.6. The van der Waals surface area contributed by atoms with Gasteiger partial charge in [-0.15, -0.1) is 12.4 Å². The summed E-state index contributed by atoms with van der Waals surface area (Å²) in [6.45, 7) is 8.45. The van der Waals surface area contributed by atoms with Crippen molar-refractivity contribution in [1.82, 2.24) is 9.80 Å². The fourth-order valence-electron chi connectivity index (χ4n) is 3.74. The second-order valence-electron chi connectivity index (χ2n) is 8.22. The van der Waals surface area contributed by atoms with E-state index < -0.39 is 0 Å². The predicted octanol–water partition coefficient (Wildman–Crippen LogP) is 3.21. The van der Waals surface area contributed by atoms with Gasteiger partial charge in [-0.2, -0.15) is 0 Å². The average molecular weight is 391 g/mol. The van der Waals surface area contributed by atoms with Crippen molar-refractivity contribution in [2.75, 3.05) is 39.3 Å². The minimum Gasteiger partial charge on any atom is -0.297 e. The van der Waals surface area contributed by atoms with Crippen LogP contribution in [-0.4, -0.2) is 60.6 Å². The van der Waals surface area contributed by atoms with Crippen LogP contribution in [0.3, 0.4) is 0 Å². The van der Waals surface area contributed by atoms with Gasteiger partial charge in [0.15, 0.2) is 11.6 Å². The van der Waals surface area contributed by atoms with Gasteiger partial charge in [-0.05, 0) is 26.7 Å². The normalized spacial score (nSPS) is 30.9. The van der Waals surface area contributed by atoms with Crippen LogP contribution in [0.1, 0.15) is 26.7 Å². The Labute approximate surface area is 169 Å². The lowest BCUT2D eigenvalue weighted by Gasteiger charge is -2.37. The van der Waals surface area contributed by atoms with Crippen molar-refractivity contribution in [3.8, 4) is 0 Å². The van der Waals surface area contributed by atoms with Gasteiger partial charge in [-0.25, -0.2) is 0 Å². The number of piperazine rings is 1. The summed E-state index contributed by atoms with van der Waals surface area (Å²) < 4.78 is 0. The summed E-state index contributed by atoms with van der Waals surface area (Å²) in [5.74, 6) is 0.573.